The maximum absolute atomic E-state index is 4.51. The SMILES string of the molecule is CCCNC(c1ccc(Br)cn1)c1cnccc1C. The topological polar surface area (TPSA) is 37.8 Å². The van der Waals surface area contributed by atoms with Gasteiger partial charge in [0.15, 0.2) is 0 Å². The van der Waals surface area contributed by atoms with E-state index in [1.54, 1.807) is 0 Å². The van der Waals surface area contributed by atoms with Crippen molar-refractivity contribution in [3.05, 3.63) is 58.1 Å². The van der Waals surface area contributed by atoms with Crippen LogP contribution in [0.3, 0.4) is 0 Å². The van der Waals surface area contributed by atoms with Gasteiger partial charge >= 0.3 is 0 Å². The Hall–Kier alpha value is -1.26. The number of aromatic nitrogens is 2. The summed E-state index contributed by atoms with van der Waals surface area (Å²) in [5.74, 6) is 0. The Morgan fingerprint density at radius 2 is 2.11 bits per heavy atom. The fourth-order valence-corrected chi connectivity index (χ4v) is 2.23. The minimum atomic E-state index is 0.0988. The molecule has 0 aliphatic heterocycles. The number of nitrogens with zero attached hydrogens (tertiary/aromatic N) is 2. The van der Waals surface area contributed by atoms with Crippen LogP contribution in [0.25, 0.3) is 0 Å². The maximum Gasteiger partial charge on any atom is 0.0768 e. The van der Waals surface area contributed by atoms with E-state index < -0.39 is 0 Å². The van der Waals surface area contributed by atoms with Gasteiger partial charge in [0.05, 0.1) is 11.7 Å². The lowest BCUT2D eigenvalue weighted by molar-refractivity contribution is 0.582. The zero-order valence-corrected chi connectivity index (χ0v) is 12.8. The molecule has 4 heteroatoms. The molecule has 0 amide bonds. The molecule has 0 aliphatic rings. The lowest BCUT2D eigenvalue weighted by atomic mass is 10.0. The van der Waals surface area contributed by atoms with Crippen molar-refractivity contribution in [1.29, 1.82) is 0 Å². The Morgan fingerprint density at radius 1 is 1.26 bits per heavy atom. The van der Waals surface area contributed by atoms with Crippen LogP contribution in [0.2, 0.25) is 0 Å². The quantitative estimate of drug-likeness (QED) is 0.914. The van der Waals surface area contributed by atoms with Gasteiger partial charge in [-0.1, -0.05) is 6.92 Å². The molecule has 2 rings (SSSR count). The molecule has 0 bridgehead atoms. The van der Waals surface area contributed by atoms with Crippen molar-refractivity contribution in [2.24, 2.45) is 0 Å². The minimum absolute atomic E-state index is 0.0988. The van der Waals surface area contributed by atoms with Gasteiger partial charge < -0.3 is 5.32 Å². The van der Waals surface area contributed by atoms with Gasteiger partial charge in [-0.3, -0.25) is 9.97 Å². The van der Waals surface area contributed by atoms with Crippen LogP contribution < -0.4 is 5.32 Å². The Morgan fingerprint density at radius 3 is 2.74 bits per heavy atom. The summed E-state index contributed by atoms with van der Waals surface area (Å²) in [6.45, 7) is 5.22. The van der Waals surface area contributed by atoms with E-state index in [4.69, 9.17) is 0 Å². The van der Waals surface area contributed by atoms with Gasteiger partial charge in [0.2, 0.25) is 0 Å². The molecule has 100 valence electrons. The summed E-state index contributed by atoms with van der Waals surface area (Å²) in [6.07, 6.45) is 6.67. The molecule has 2 aromatic heterocycles. The van der Waals surface area contributed by atoms with Crippen LogP contribution in [0.5, 0.6) is 0 Å². The standard InChI is InChI=1S/C15H18BrN3/c1-3-7-18-15(13-10-17-8-6-11(13)2)14-5-4-12(16)9-19-14/h4-6,8-10,15,18H,3,7H2,1-2H3. The Bertz CT molecular complexity index is 525. The maximum atomic E-state index is 4.51. The Labute approximate surface area is 122 Å². The number of aryl methyl sites for hydroxylation is 1. The molecule has 0 spiro atoms. The van der Waals surface area contributed by atoms with Crippen molar-refractivity contribution in [3.63, 3.8) is 0 Å². The van der Waals surface area contributed by atoms with E-state index in [1.165, 1.54) is 11.1 Å². The zero-order valence-electron chi connectivity index (χ0n) is 11.2. The molecule has 1 unspecified atom stereocenters. The molecule has 2 aromatic rings. The molecule has 3 nitrogen and oxygen atoms in total. The van der Waals surface area contributed by atoms with E-state index in [0.717, 1.165) is 23.1 Å². The van der Waals surface area contributed by atoms with Gasteiger partial charge in [0, 0.05) is 23.1 Å². The summed E-state index contributed by atoms with van der Waals surface area (Å²) in [5, 5.41) is 3.54. The predicted molar refractivity (Wildman–Crippen MR) is 81.0 cm³/mol. The van der Waals surface area contributed by atoms with Crippen LogP contribution in [0.15, 0.2) is 41.3 Å². The van der Waals surface area contributed by atoms with Gasteiger partial charge in [-0.05, 0) is 65.1 Å². The van der Waals surface area contributed by atoms with Gasteiger partial charge in [-0.2, -0.15) is 0 Å². The van der Waals surface area contributed by atoms with Crippen LogP contribution in [-0.4, -0.2) is 16.5 Å². The number of hydrogen-bond acceptors (Lipinski definition) is 3. The monoisotopic (exact) mass is 319 g/mol. The largest absolute Gasteiger partial charge is 0.305 e. The van der Waals surface area contributed by atoms with Crippen LogP contribution in [-0.2, 0) is 0 Å². The highest BCUT2D eigenvalue weighted by Crippen LogP contribution is 2.23. The molecular weight excluding hydrogens is 302 g/mol. The smallest absolute Gasteiger partial charge is 0.0768 e. The summed E-state index contributed by atoms with van der Waals surface area (Å²) >= 11 is 3.42. The summed E-state index contributed by atoms with van der Waals surface area (Å²) in [6, 6.07) is 6.20. The molecule has 1 N–H and O–H groups in total. The normalized spacial score (nSPS) is 12.4. The summed E-state index contributed by atoms with van der Waals surface area (Å²) in [7, 11) is 0. The van der Waals surface area contributed by atoms with Crippen LogP contribution in [0, 0.1) is 6.92 Å². The Balaban J connectivity index is 2.35. The third-order valence-electron chi connectivity index (χ3n) is 3.04. The van der Waals surface area contributed by atoms with Crippen molar-refractivity contribution in [2.75, 3.05) is 6.54 Å². The summed E-state index contributed by atoms with van der Waals surface area (Å²) in [4.78, 5) is 8.75. The van der Waals surface area contributed by atoms with E-state index in [-0.39, 0.29) is 6.04 Å². The first-order valence-electron chi connectivity index (χ1n) is 6.47. The van der Waals surface area contributed by atoms with Gasteiger partial charge in [-0.25, -0.2) is 0 Å². The van der Waals surface area contributed by atoms with E-state index in [1.807, 2.05) is 36.8 Å². The second kappa shape index (κ2) is 6.78. The lowest BCUT2D eigenvalue weighted by Crippen LogP contribution is -2.24. The van der Waals surface area contributed by atoms with Gasteiger partial charge in [-0.15, -0.1) is 0 Å². The first kappa shape index (κ1) is 14.2. The zero-order chi connectivity index (χ0) is 13.7. The molecule has 0 saturated heterocycles. The number of rotatable bonds is 5. The number of hydrogen-bond donors (Lipinski definition) is 1. The van der Waals surface area contributed by atoms with Crippen molar-refractivity contribution < 1.29 is 0 Å². The first-order chi connectivity index (χ1) is 9.22. The van der Waals surface area contributed by atoms with Crippen molar-refractivity contribution in [3.8, 4) is 0 Å². The van der Waals surface area contributed by atoms with E-state index in [2.05, 4.69) is 45.1 Å². The first-order valence-corrected chi connectivity index (χ1v) is 7.27. The molecule has 1 atom stereocenters. The van der Waals surface area contributed by atoms with Crippen molar-refractivity contribution in [2.45, 2.75) is 26.3 Å². The second-order valence-electron chi connectivity index (χ2n) is 4.52. The van der Waals surface area contributed by atoms with Crippen LogP contribution in [0.4, 0.5) is 0 Å². The van der Waals surface area contributed by atoms with Gasteiger partial charge in [0.1, 0.15) is 0 Å². The molecule has 0 radical (unpaired) electrons. The fourth-order valence-electron chi connectivity index (χ4n) is 2.00. The average Bonchev–Trinajstić information content (AvgIpc) is 2.43. The number of halogens is 1. The van der Waals surface area contributed by atoms with Crippen LogP contribution in [0.1, 0.15) is 36.2 Å². The Kier molecular flexibility index (Phi) is 5.05. The highest BCUT2D eigenvalue weighted by molar-refractivity contribution is 9.10. The molecular formula is C15H18BrN3. The molecule has 0 saturated carbocycles. The predicted octanol–water partition coefficient (Wildman–Crippen LogP) is 3.64. The molecule has 0 aromatic carbocycles. The number of pyridine rings is 2. The van der Waals surface area contributed by atoms with Crippen molar-refractivity contribution in [1.82, 2.24) is 15.3 Å². The third-order valence-corrected chi connectivity index (χ3v) is 3.50. The van der Waals surface area contributed by atoms with E-state index >= 15 is 0 Å². The lowest BCUT2D eigenvalue weighted by Gasteiger charge is -2.20. The van der Waals surface area contributed by atoms with E-state index in [0.29, 0.717) is 0 Å². The fraction of sp³-hybridized carbons (Fsp3) is 0.333. The van der Waals surface area contributed by atoms with Gasteiger partial charge in [0.25, 0.3) is 0 Å². The highest BCUT2D eigenvalue weighted by Gasteiger charge is 2.16. The summed E-state index contributed by atoms with van der Waals surface area (Å²) in [5.41, 5.74) is 3.44. The summed E-state index contributed by atoms with van der Waals surface area (Å²) < 4.78 is 0.994. The van der Waals surface area contributed by atoms with E-state index in [9.17, 15) is 0 Å². The number of nitrogens with one attached hydrogen (secondary N) is 1. The second-order valence-corrected chi connectivity index (χ2v) is 5.44. The third kappa shape index (κ3) is 3.61. The molecule has 0 aliphatic carbocycles. The molecule has 19 heavy (non-hydrogen) atoms. The molecule has 2 heterocycles. The highest BCUT2D eigenvalue weighted by atomic mass is 79.9. The van der Waals surface area contributed by atoms with Crippen LogP contribution >= 0.6 is 15.9 Å². The minimum Gasteiger partial charge on any atom is -0.305 e. The molecule has 0 fully saturated rings. The average molecular weight is 320 g/mol. The van der Waals surface area contributed by atoms with Crippen molar-refractivity contribution >= 4 is 15.9 Å².